The molecule has 2 atom stereocenters. The standard InChI is InChI=1S/C15H21NO3.C14H19NO3/c1-15(2)9-10-16(13(15)18-3)14(17)19-11-12-7-5-4-6-8-12;1-14(2)8-9-15(12(14)16)13(17)18-10-11-6-4-3-5-7-11/h4-8,13H,9-11H2,1-3H3;3-7,12,16H,8-10H2,1-2H3. The topological polar surface area (TPSA) is 88.5 Å². The van der Waals surface area contributed by atoms with Crippen LogP contribution in [0.15, 0.2) is 60.7 Å². The number of nitrogens with zero attached hydrogens (tertiary/aromatic N) is 2. The van der Waals surface area contributed by atoms with Crippen molar-refractivity contribution in [1.29, 1.82) is 0 Å². The Hall–Kier alpha value is -3.10. The lowest BCUT2D eigenvalue weighted by Gasteiger charge is -2.30. The summed E-state index contributed by atoms with van der Waals surface area (Å²) in [6, 6.07) is 19.2. The summed E-state index contributed by atoms with van der Waals surface area (Å²) in [6.07, 6.45) is -0.0182. The predicted octanol–water partition coefficient (Wildman–Crippen LogP) is 5.40. The third kappa shape index (κ3) is 7.46. The average molecular weight is 513 g/mol. The van der Waals surface area contributed by atoms with Gasteiger partial charge >= 0.3 is 12.2 Å². The van der Waals surface area contributed by atoms with Crippen LogP contribution in [-0.2, 0) is 27.4 Å². The smallest absolute Gasteiger partial charge is 0.412 e. The first-order valence-corrected chi connectivity index (χ1v) is 12.7. The molecule has 1 N–H and O–H groups in total. The summed E-state index contributed by atoms with van der Waals surface area (Å²) in [4.78, 5) is 27.0. The first kappa shape index (κ1) is 28.5. The Bertz CT molecular complexity index is 1010. The van der Waals surface area contributed by atoms with Gasteiger partial charge < -0.3 is 19.3 Å². The molecule has 0 bridgehead atoms. The summed E-state index contributed by atoms with van der Waals surface area (Å²) in [7, 11) is 1.63. The van der Waals surface area contributed by atoms with Crippen molar-refractivity contribution in [3.05, 3.63) is 71.8 Å². The maximum Gasteiger partial charge on any atom is 0.412 e. The molecule has 2 amide bonds. The van der Waals surface area contributed by atoms with Crippen LogP contribution < -0.4 is 0 Å². The quantitative estimate of drug-likeness (QED) is 0.577. The van der Waals surface area contributed by atoms with Crippen molar-refractivity contribution in [3.8, 4) is 0 Å². The van der Waals surface area contributed by atoms with Gasteiger partial charge in [0, 0.05) is 31.0 Å². The summed E-state index contributed by atoms with van der Waals surface area (Å²) in [6.45, 7) is 9.86. The van der Waals surface area contributed by atoms with E-state index in [0.717, 1.165) is 24.0 Å². The number of methoxy groups -OCH3 is 1. The molecule has 2 saturated heterocycles. The van der Waals surface area contributed by atoms with Gasteiger partial charge in [0.1, 0.15) is 25.7 Å². The lowest BCUT2D eigenvalue weighted by molar-refractivity contribution is -0.0550. The third-order valence-electron chi connectivity index (χ3n) is 7.04. The highest BCUT2D eigenvalue weighted by molar-refractivity contribution is 5.69. The van der Waals surface area contributed by atoms with E-state index in [1.54, 1.807) is 12.0 Å². The monoisotopic (exact) mass is 512 g/mol. The lowest BCUT2D eigenvalue weighted by Crippen LogP contribution is -2.42. The normalized spacial score (nSPS) is 21.7. The van der Waals surface area contributed by atoms with Crippen molar-refractivity contribution in [2.45, 2.75) is 66.2 Å². The van der Waals surface area contributed by atoms with Gasteiger partial charge in [-0.1, -0.05) is 88.4 Å². The van der Waals surface area contributed by atoms with E-state index >= 15 is 0 Å². The molecular formula is C29H40N2O6. The van der Waals surface area contributed by atoms with Gasteiger partial charge in [0.2, 0.25) is 0 Å². The molecule has 2 aromatic rings. The van der Waals surface area contributed by atoms with Gasteiger partial charge in [-0.05, 0) is 24.0 Å². The van der Waals surface area contributed by atoms with Gasteiger partial charge in [-0.15, -0.1) is 0 Å². The second-order valence-electron chi connectivity index (χ2n) is 10.9. The highest BCUT2D eigenvalue weighted by Gasteiger charge is 2.44. The fraction of sp³-hybridized carbons (Fsp3) is 0.517. The summed E-state index contributed by atoms with van der Waals surface area (Å²) >= 11 is 0. The van der Waals surface area contributed by atoms with Crippen LogP contribution in [0.2, 0.25) is 0 Å². The minimum atomic E-state index is -0.763. The number of carbonyl (C=O) groups excluding carboxylic acids is 2. The molecular weight excluding hydrogens is 472 g/mol. The fourth-order valence-electron chi connectivity index (χ4n) is 4.58. The van der Waals surface area contributed by atoms with Crippen molar-refractivity contribution in [3.63, 3.8) is 0 Å². The van der Waals surface area contributed by atoms with Gasteiger partial charge in [-0.2, -0.15) is 0 Å². The number of ether oxygens (including phenoxy) is 3. The van der Waals surface area contributed by atoms with Gasteiger partial charge in [0.05, 0.1) is 0 Å². The molecule has 0 spiro atoms. The zero-order valence-corrected chi connectivity index (χ0v) is 22.6. The lowest BCUT2D eigenvalue weighted by atomic mass is 9.91. The number of benzene rings is 2. The SMILES string of the molecule is CC1(C)CCN(C(=O)OCc2ccccc2)C1O.COC1N(C(=O)OCc2ccccc2)CCC1(C)C. The zero-order valence-electron chi connectivity index (χ0n) is 22.6. The van der Waals surface area contributed by atoms with Crippen molar-refractivity contribution < 1.29 is 28.9 Å². The van der Waals surface area contributed by atoms with E-state index in [1.807, 2.05) is 74.5 Å². The Balaban J connectivity index is 0.000000206. The Morgan fingerprint density at radius 3 is 1.65 bits per heavy atom. The summed E-state index contributed by atoms with van der Waals surface area (Å²) in [5.74, 6) is 0. The molecule has 2 heterocycles. The van der Waals surface area contributed by atoms with E-state index in [-0.39, 0.29) is 29.8 Å². The molecule has 0 radical (unpaired) electrons. The third-order valence-corrected chi connectivity index (χ3v) is 7.04. The van der Waals surface area contributed by atoms with E-state index in [1.165, 1.54) is 4.90 Å². The van der Waals surface area contributed by atoms with Gasteiger partial charge in [0.15, 0.2) is 0 Å². The largest absolute Gasteiger partial charge is 0.444 e. The molecule has 2 aliphatic rings. The molecule has 0 aromatic heterocycles. The highest BCUT2D eigenvalue weighted by atomic mass is 16.6. The number of aliphatic hydroxyl groups is 1. The van der Waals surface area contributed by atoms with Crippen LogP contribution >= 0.6 is 0 Å². The van der Waals surface area contributed by atoms with Crippen LogP contribution in [0.5, 0.6) is 0 Å². The zero-order chi connectivity index (χ0) is 27.1. The molecule has 0 aliphatic carbocycles. The van der Waals surface area contributed by atoms with E-state index in [0.29, 0.717) is 19.7 Å². The predicted molar refractivity (Wildman–Crippen MR) is 140 cm³/mol. The Morgan fingerprint density at radius 1 is 0.784 bits per heavy atom. The van der Waals surface area contributed by atoms with Crippen LogP contribution in [0, 0.1) is 10.8 Å². The summed E-state index contributed by atoms with van der Waals surface area (Å²) < 4.78 is 16.0. The molecule has 8 heteroatoms. The number of hydrogen-bond donors (Lipinski definition) is 1. The number of amides is 2. The minimum absolute atomic E-state index is 0.0273. The van der Waals surface area contributed by atoms with Crippen LogP contribution in [0.25, 0.3) is 0 Å². The molecule has 2 aliphatic heterocycles. The first-order chi connectivity index (χ1) is 17.5. The minimum Gasteiger partial charge on any atom is -0.444 e. The highest BCUT2D eigenvalue weighted by Crippen LogP contribution is 2.37. The second kappa shape index (κ2) is 12.4. The van der Waals surface area contributed by atoms with Crippen LogP contribution in [-0.4, -0.2) is 59.7 Å². The molecule has 202 valence electrons. The number of aliphatic hydroxyl groups excluding tert-OH is 1. The Labute approximate surface area is 220 Å². The number of rotatable bonds is 5. The Morgan fingerprint density at radius 2 is 1.22 bits per heavy atom. The maximum atomic E-state index is 12.1. The van der Waals surface area contributed by atoms with Crippen LogP contribution in [0.3, 0.4) is 0 Å². The van der Waals surface area contributed by atoms with Crippen LogP contribution in [0.1, 0.15) is 51.7 Å². The maximum absolute atomic E-state index is 12.1. The van der Waals surface area contributed by atoms with Crippen molar-refractivity contribution in [2.75, 3.05) is 20.2 Å². The van der Waals surface area contributed by atoms with E-state index in [2.05, 4.69) is 13.8 Å². The first-order valence-electron chi connectivity index (χ1n) is 12.7. The van der Waals surface area contributed by atoms with Crippen LogP contribution in [0.4, 0.5) is 9.59 Å². The molecule has 8 nitrogen and oxygen atoms in total. The van der Waals surface area contributed by atoms with Crippen molar-refractivity contribution in [2.24, 2.45) is 10.8 Å². The summed E-state index contributed by atoms with van der Waals surface area (Å²) in [5, 5.41) is 10.0. The van der Waals surface area contributed by atoms with Crippen molar-refractivity contribution >= 4 is 12.2 Å². The van der Waals surface area contributed by atoms with E-state index < -0.39 is 12.3 Å². The van der Waals surface area contributed by atoms with Gasteiger partial charge in [-0.3, -0.25) is 9.80 Å². The molecule has 2 fully saturated rings. The van der Waals surface area contributed by atoms with E-state index in [4.69, 9.17) is 14.2 Å². The molecule has 0 saturated carbocycles. The second-order valence-corrected chi connectivity index (χ2v) is 10.9. The number of hydrogen-bond acceptors (Lipinski definition) is 6. The molecule has 2 unspecified atom stereocenters. The number of likely N-dealkylation sites (tertiary alicyclic amines) is 2. The molecule has 37 heavy (non-hydrogen) atoms. The fourth-order valence-corrected chi connectivity index (χ4v) is 4.58. The van der Waals surface area contributed by atoms with E-state index in [9.17, 15) is 14.7 Å². The molecule has 2 aromatic carbocycles. The van der Waals surface area contributed by atoms with Crippen molar-refractivity contribution in [1.82, 2.24) is 9.80 Å². The Kier molecular flexibility index (Phi) is 9.56. The van der Waals surface area contributed by atoms with Gasteiger partial charge in [0.25, 0.3) is 0 Å². The van der Waals surface area contributed by atoms with Gasteiger partial charge in [-0.25, -0.2) is 9.59 Å². The molecule has 4 rings (SSSR count). The summed E-state index contributed by atoms with van der Waals surface area (Å²) in [5.41, 5.74) is 1.65. The average Bonchev–Trinajstić information content (AvgIpc) is 3.35. The number of carbonyl (C=O) groups is 2.